The van der Waals surface area contributed by atoms with Crippen LogP contribution in [0, 0.1) is 6.92 Å². The third kappa shape index (κ3) is 4.13. The highest BCUT2D eigenvalue weighted by molar-refractivity contribution is 7.09. The Labute approximate surface area is 146 Å². The standard InChI is InChI=1S/C18H23N3O2S/c1-14-12-24-16(21-14)11-19-17(22)20-13-18(7-9-23-10-8-18)15-5-3-2-4-6-15/h2-6,12H,7-11,13H2,1H3,(H2,19,20,22). The second kappa shape index (κ2) is 7.77. The number of aryl methyl sites for hydroxylation is 1. The SMILES string of the molecule is Cc1csc(CNC(=O)NCC2(c3ccccc3)CCOCC2)n1. The first kappa shape index (κ1) is 16.9. The van der Waals surface area contributed by atoms with Crippen molar-refractivity contribution in [2.24, 2.45) is 0 Å². The number of nitrogens with one attached hydrogen (secondary N) is 2. The minimum Gasteiger partial charge on any atom is -0.381 e. The molecular formula is C18H23N3O2S. The summed E-state index contributed by atoms with van der Waals surface area (Å²) >= 11 is 1.56. The lowest BCUT2D eigenvalue weighted by atomic mass is 9.74. The molecule has 2 amide bonds. The van der Waals surface area contributed by atoms with E-state index in [2.05, 4.69) is 39.9 Å². The third-order valence-electron chi connectivity index (χ3n) is 4.49. The highest BCUT2D eigenvalue weighted by Crippen LogP contribution is 2.34. The van der Waals surface area contributed by atoms with Crippen molar-refractivity contribution >= 4 is 17.4 Å². The maximum Gasteiger partial charge on any atom is 0.315 e. The molecule has 1 aromatic carbocycles. The fourth-order valence-electron chi connectivity index (χ4n) is 3.07. The number of nitrogens with zero attached hydrogens (tertiary/aromatic N) is 1. The predicted octanol–water partition coefficient (Wildman–Crippen LogP) is 3.00. The van der Waals surface area contributed by atoms with Crippen molar-refractivity contribution in [2.75, 3.05) is 19.8 Å². The zero-order chi connectivity index (χ0) is 16.8. The summed E-state index contributed by atoms with van der Waals surface area (Å²) in [6, 6.07) is 10.3. The van der Waals surface area contributed by atoms with E-state index >= 15 is 0 Å². The molecule has 0 spiro atoms. The van der Waals surface area contributed by atoms with Gasteiger partial charge in [-0.25, -0.2) is 9.78 Å². The number of rotatable bonds is 5. The molecule has 2 aromatic rings. The number of carbonyl (C=O) groups is 1. The number of aromatic nitrogens is 1. The quantitative estimate of drug-likeness (QED) is 0.876. The van der Waals surface area contributed by atoms with E-state index in [4.69, 9.17) is 4.74 Å². The number of thiazole rings is 1. The maximum absolute atomic E-state index is 12.2. The third-order valence-corrected chi connectivity index (χ3v) is 5.46. The zero-order valence-corrected chi connectivity index (χ0v) is 14.7. The first-order valence-corrected chi connectivity index (χ1v) is 9.12. The van der Waals surface area contributed by atoms with Crippen molar-refractivity contribution in [1.82, 2.24) is 15.6 Å². The fraction of sp³-hybridized carbons (Fsp3) is 0.444. The van der Waals surface area contributed by atoms with Crippen molar-refractivity contribution in [2.45, 2.75) is 31.7 Å². The molecule has 1 aromatic heterocycles. The van der Waals surface area contributed by atoms with Crippen LogP contribution in [-0.4, -0.2) is 30.8 Å². The number of benzene rings is 1. The summed E-state index contributed by atoms with van der Waals surface area (Å²) in [7, 11) is 0. The molecule has 0 unspecified atom stereocenters. The molecule has 1 aliphatic rings. The minimum absolute atomic E-state index is 0.0470. The molecule has 0 aliphatic carbocycles. The highest BCUT2D eigenvalue weighted by atomic mass is 32.1. The van der Waals surface area contributed by atoms with Gasteiger partial charge in [-0.2, -0.15) is 0 Å². The normalized spacial score (nSPS) is 16.5. The van der Waals surface area contributed by atoms with E-state index in [1.165, 1.54) is 5.56 Å². The van der Waals surface area contributed by atoms with Crippen molar-refractivity contribution in [1.29, 1.82) is 0 Å². The van der Waals surface area contributed by atoms with Gasteiger partial charge in [0.05, 0.1) is 6.54 Å². The zero-order valence-electron chi connectivity index (χ0n) is 13.9. The van der Waals surface area contributed by atoms with Crippen molar-refractivity contribution in [3.63, 3.8) is 0 Å². The summed E-state index contributed by atoms with van der Waals surface area (Å²) in [5, 5.41) is 8.84. The van der Waals surface area contributed by atoms with Crippen LogP contribution in [-0.2, 0) is 16.7 Å². The summed E-state index contributed by atoms with van der Waals surface area (Å²) in [5.41, 5.74) is 2.21. The van der Waals surface area contributed by atoms with Crippen LogP contribution >= 0.6 is 11.3 Å². The summed E-state index contributed by atoms with van der Waals surface area (Å²) in [4.78, 5) is 16.5. The average molecular weight is 345 g/mol. The lowest BCUT2D eigenvalue weighted by Crippen LogP contribution is -2.47. The summed E-state index contributed by atoms with van der Waals surface area (Å²) in [6.07, 6.45) is 1.84. The smallest absolute Gasteiger partial charge is 0.315 e. The Bertz CT molecular complexity index is 666. The monoisotopic (exact) mass is 345 g/mol. The Kier molecular flexibility index (Phi) is 5.48. The van der Waals surface area contributed by atoms with E-state index in [1.807, 2.05) is 18.4 Å². The molecule has 0 radical (unpaired) electrons. The molecule has 6 heteroatoms. The van der Waals surface area contributed by atoms with Crippen molar-refractivity contribution < 1.29 is 9.53 Å². The molecule has 128 valence electrons. The van der Waals surface area contributed by atoms with Crippen LogP contribution < -0.4 is 10.6 Å². The van der Waals surface area contributed by atoms with Gasteiger partial charge in [-0.15, -0.1) is 11.3 Å². The Balaban J connectivity index is 1.58. The van der Waals surface area contributed by atoms with Crippen LogP contribution in [0.4, 0.5) is 4.79 Å². The van der Waals surface area contributed by atoms with Crippen LogP contribution in [0.3, 0.4) is 0 Å². The van der Waals surface area contributed by atoms with Crippen molar-refractivity contribution in [3.8, 4) is 0 Å². The number of carbonyl (C=O) groups excluding carboxylic acids is 1. The van der Waals surface area contributed by atoms with E-state index in [0.29, 0.717) is 13.1 Å². The molecule has 2 N–H and O–H groups in total. The van der Waals surface area contributed by atoms with Gasteiger partial charge in [0.15, 0.2) is 0 Å². The topological polar surface area (TPSA) is 63.2 Å². The van der Waals surface area contributed by atoms with Gasteiger partial charge in [0.1, 0.15) is 5.01 Å². The number of hydrogen-bond acceptors (Lipinski definition) is 4. The molecule has 0 atom stereocenters. The van der Waals surface area contributed by atoms with Gasteiger partial charge in [-0.05, 0) is 25.3 Å². The van der Waals surface area contributed by atoms with E-state index < -0.39 is 0 Å². The molecule has 0 saturated carbocycles. The molecule has 3 rings (SSSR count). The van der Waals surface area contributed by atoms with Gasteiger partial charge < -0.3 is 15.4 Å². The average Bonchev–Trinajstić information content (AvgIpc) is 3.05. The summed E-state index contributed by atoms with van der Waals surface area (Å²) < 4.78 is 5.53. The highest BCUT2D eigenvalue weighted by Gasteiger charge is 2.34. The van der Waals surface area contributed by atoms with E-state index in [9.17, 15) is 4.79 Å². The van der Waals surface area contributed by atoms with E-state index in [0.717, 1.165) is 36.8 Å². The van der Waals surface area contributed by atoms with Crippen LogP contribution in [0.1, 0.15) is 29.1 Å². The first-order chi connectivity index (χ1) is 11.7. The fourth-order valence-corrected chi connectivity index (χ4v) is 3.78. The number of urea groups is 1. The number of amides is 2. The van der Waals surface area contributed by atoms with Gasteiger partial charge in [0.25, 0.3) is 0 Å². The minimum atomic E-state index is -0.148. The number of ether oxygens (including phenoxy) is 1. The maximum atomic E-state index is 12.2. The Hall–Kier alpha value is -1.92. The lowest BCUT2D eigenvalue weighted by molar-refractivity contribution is 0.0507. The molecule has 1 saturated heterocycles. The van der Waals surface area contributed by atoms with E-state index in [-0.39, 0.29) is 11.4 Å². The second-order valence-electron chi connectivity index (χ2n) is 6.18. The molecule has 24 heavy (non-hydrogen) atoms. The summed E-state index contributed by atoms with van der Waals surface area (Å²) in [6.45, 7) is 4.50. The van der Waals surface area contributed by atoms with Gasteiger partial charge in [0, 0.05) is 36.2 Å². The largest absolute Gasteiger partial charge is 0.381 e. The van der Waals surface area contributed by atoms with Crippen LogP contribution in [0.5, 0.6) is 0 Å². The Morgan fingerprint density at radius 2 is 2.00 bits per heavy atom. The van der Waals surface area contributed by atoms with Gasteiger partial charge in [-0.3, -0.25) is 0 Å². The van der Waals surface area contributed by atoms with Gasteiger partial charge in [-0.1, -0.05) is 30.3 Å². The van der Waals surface area contributed by atoms with Crippen LogP contribution in [0.15, 0.2) is 35.7 Å². The number of hydrogen-bond donors (Lipinski definition) is 2. The van der Waals surface area contributed by atoms with Crippen LogP contribution in [0.2, 0.25) is 0 Å². The second-order valence-corrected chi connectivity index (χ2v) is 7.12. The molecule has 1 fully saturated rings. The molecule has 1 aliphatic heterocycles. The first-order valence-electron chi connectivity index (χ1n) is 8.24. The lowest BCUT2D eigenvalue weighted by Gasteiger charge is -2.37. The van der Waals surface area contributed by atoms with Gasteiger partial charge in [0.2, 0.25) is 0 Å². The van der Waals surface area contributed by atoms with Gasteiger partial charge >= 0.3 is 6.03 Å². The van der Waals surface area contributed by atoms with Crippen LogP contribution in [0.25, 0.3) is 0 Å². The Morgan fingerprint density at radius 1 is 1.25 bits per heavy atom. The predicted molar refractivity (Wildman–Crippen MR) is 95.3 cm³/mol. The molecule has 5 nitrogen and oxygen atoms in total. The molecular weight excluding hydrogens is 322 g/mol. The molecule has 0 bridgehead atoms. The molecule has 2 heterocycles. The van der Waals surface area contributed by atoms with E-state index in [1.54, 1.807) is 11.3 Å². The Morgan fingerprint density at radius 3 is 2.67 bits per heavy atom. The summed E-state index contributed by atoms with van der Waals surface area (Å²) in [5.74, 6) is 0. The van der Waals surface area contributed by atoms with Crippen molar-refractivity contribution in [3.05, 3.63) is 52.0 Å².